The fourth-order valence-corrected chi connectivity index (χ4v) is 5.27. The van der Waals surface area contributed by atoms with Crippen molar-refractivity contribution in [3.8, 4) is 10.6 Å². The Morgan fingerprint density at radius 3 is 2.37 bits per heavy atom. The molecule has 0 bridgehead atoms. The molecule has 0 radical (unpaired) electrons. The summed E-state index contributed by atoms with van der Waals surface area (Å²) in [4.78, 5) is 4.29. The summed E-state index contributed by atoms with van der Waals surface area (Å²) in [6, 6.07) is 7.11. The second kappa shape index (κ2) is 7.63. The highest BCUT2D eigenvalue weighted by atomic mass is 32.1. The number of thiazole rings is 1. The van der Waals surface area contributed by atoms with Crippen molar-refractivity contribution in [1.82, 2.24) is 4.98 Å². The quantitative estimate of drug-likeness (QED) is 0.451. The third-order valence-corrected chi connectivity index (χ3v) is 6.68. The van der Waals surface area contributed by atoms with Crippen LogP contribution in [0.25, 0.3) is 20.8 Å². The Morgan fingerprint density at radius 2 is 1.70 bits per heavy atom. The lowest BCUT2D eigenvalue weighted by Gasteiger charge is -2.28. The van der Waals surface area contributed by atoms with Gasteiger partial charge in [0, 0.05) is 0 Å². The zero-order valence-electron chi connectivity index (χ0n) is 15.3. The van der Waals surface area contributed by atoms with Crippen LogP contribution in [0.1, 0.15) is 56.9 Å². The lowest BCUT2D eigenvalue weighted by molar-refractivity contribution is 0.307. The maximum absolute atomic E-state index is 14.8. The van der Waals surface area contributed by atoms with Gasteiger partial charge in [-0.15, -0.1) is 11.3 Å². The summed E-state index contributed by atoms with van der Waals surface area (Å²) in [6.45, 7) is 2.20. The zero-order valence-corrected chi connectivity index (χ0v) is 16.1. The normalized spacial score (nSPS) is 20.3. The number of aromatic nitrogens is 1. The molecule has 1 saturated carbocycles. The van der Waals surface area contributed by atoms with E-state index in [4.69, 9.17) is 0 Å². The van der Waals surface area contributed by atoms with Crippen LogP contribution >= 0.6 is 11.3 Å². The van der Waals surface area contributed by atoms with E-state index in [9.17, 15) is 13.2 Å². The minimum absolute atomic E-state index is 0.111. The predicted molar refractivity (Wildman–Crippen MR) is 105 cm³/mol. The highest BCUT2D eigenvalue weighted by Crippen LogP contribution is 2.40. The molecule has 0 N–H and O–H groups in total. The summed E-state index contributed by atoms with van der Waals surface area (Å²) >= 11 is 1.11. The van der Waals surface area contributed by atoms with Crippen molar-refractivity contribution in [3.05, 3.63) is 53.3 Å². The lowest BCUT2D eigenvalue weighted by Crippen LogP contribution is -2.13. The Hall–Kier alpha value is -1.88. The minimum Gasteiger partial charge on any atom is -0.236 e. The summed E-state index contributed by atoms with van der Waals surface area (Å²) in [5.74, 6) is -0.572. The van der Waals surface area contributed by atoms with Crippen molar-refractivity contribution < 1.29 is 13.2 Å². The Balaban J connectivity index is 1.62. The van der Waals surface area contributed by atoms with Gasteiger partial charge in [-0.1, -0.05) is 19.8 Å². The molecule has 0 aliphatic heterocycles. The molecular formula is C22H22F3NS. The maximum atomic E-state index is 14.8. The molecule has 1 heterocycles. The largest absolute Gasteiger partial charge is 0.236 e. The van der Waals surface area contributed by atoms with Crippen LogP contribution in [0, 0.1) is 23.4 Å². The van der Waals surface area contributed by atoms with Crippen molar-refractivity contribution in [2.75, 3.05) is 0 Å². The molecule has 0 atom stereocenters. The van der Waals surface area contributed by atoms with Crippen LogP contribution in [-0.2, 0) is 0 Å². The third kappa shape index (κ3) is 3.75. The van der Waals surface area contributed by atoms with Crippen LogP contribution in [-0.4, -0.2) is 4.98 Å². The lowest BCUT2D eigenvalue weighted by atomic mass is 9.77. The van der Waals surface area contributed by atoms with Crippen molar-refractivity contribution in [1.29, 1.82) is 0 Å². The fourth-order valence-electron chi connectivity index (χ4n) is 4.23. The third-order valence-electron chi connectivity index (χ3n) is 5.64. The van der Waals surface area contributed by atoms with Crippen LogP contribution < -0.4 is 0 Å². The monoisotopic (exact) mass is 389 g/mol. The topological polar surface area (TPSA) is 12.9 Å². The molecule has 0 amide bonds. The first-order valence-electron chi connectivity index (χ1n) is 9.60. The highest BCUT2D eigenvalue weighted by molar-refractivity contribution is 7.21. The van der Waals surface area contributed by atoms with Crippen molar-refractivity contribution in [2.24, 2.45) is 5.92 Å². The average Bonchev–Trinajstić information content (AvgIpc) is 3.04. The van der Waals surface area contributed by atoms with E-state index in [-0.39, 0.29) is 22.3 Å². The first-order chi connectivity index (χ1) is 13.0. The van der Waals surface area contributed by atoms with Gasteiger partial charge in [-0.3, -0.25) is 0 Å². The number of hydrogen-bond donors (Lipinski definition) is 0. The molecule has 4 rings (SSSR count). The van der Waals surface area contributed by atoms with Gasteiger partial charge in [0.15, 0.2) is 0 Å². The van der Waals surface area contributed by atoms with Gasteiger partial charge in [-0.2, -0.15) is 0 Å². The second-order valence-electron chi connectivity index (χ2n) is 7.50. The Bertz CT molecular complexity index is 934. The highest BCUT2D eigenvalue weighted by Gasteiger charge is 2.25. The first kappa shape index (κ1) is 18.5. The van der Waals surface area contributed by atoms with Gasteiger partial charge < -0.3 is 0 Å². The maximum Gasteiger partial charge on any atom is 0.136 e. The van der Waals surface area contributed by atoms with E-state index in [0.717, 1.165) is 48.5 Å². The average molecular weight is 389 g/mol. The summed E-state index contributed by atoms with van der Waals surface area (Å²) in [5, 5.41) is 0.254. The second-order valence-corrected chi connectivity index (χ2v) is 8.53. The molecule has 2 aromatic carbocycles. The summed E-state index contributed by atoms with van der Waals surface area (Å²) in [7, 11) is 0. The molecule has 5 heteroatoms. The molecule has 1 aliphatic carbocycles. The molecular weight excluding hydrogens is 367 g/mol. The van der Waals surface area contributed by atoms with Crippen LogP contribution in [0.2, 0.25) is 0 Å². The van der Waals surface area contributed by atoms with Gasteiger partial charge in [0.2, 0.25) is 0 Å². The summed E-state index contributed by atoms with van der Waals surface area (Å²) in [5.41, 5.74) is 1.18. The zero-order chi connectivity index (χ0) is 19.0. The van der Waals surface area contributed by atoms with E-state index in [1.54, 1.807) is 0 Å². The van der Waals surface area contributed by atoms with Gasteiger partial charge in [-0.25, -0.2) is 18.2 Å². The molecule has 1 nitrogen and oxygen atoms in total. The minimum atomic E-state index is -0.583. The number of halogens is 3. The van der Waals surface area contributed by atoms with Crippen molar-refractivity contribution >= 4 is 21.6 Å². The van der Waals surface area contributed by atoms with Crippen LogP contribution in [0.3, 0.4) is 0 Å². The van der Waals surface area contributed by atoms with E-state index in [0.29, 0.717) is 10.2 Å². The molecule has 0 saturated heterocycles. The van der Waals surface area contributed by atoms with Crippen LogP contribution in [0.5, 0.6) is 0 Å². The Labute approximate surface area is 161 Å². The SMILES string of the molecule is CCCC1CCC(c2cc(F)c(-c3nc4ccc(F)cc4s3)c(F)c2)CC1. The summed E-state index contributed by atoms with van der Waals surface area (Å²) in [6.07, 6.45) is 6.68. The van der Waals surface area contributed by atoms with Crippen LogP contribution in [0.4, 0.5) is 13.2 Å². The van der Waals surface area contributed by atoms with E-state index in [2.05, 4.69) is 11.9 Å². The number of rotatable bonds is 4. The molecule has 142 valence electrons. The predicted octanol–water partition coefficient (Wildman–Crippen LogP) is 7.45. The molecule has 1 aromatic heterocycles. The smallest absolute Gasteiger partial charge is 0.136 e. The van der Waals surface area contributed by atoms with Gasteiger partial charge in [0.05, 0.1) is 15.8 Å². The number of fused-ring (bicyclic) bond motifs is 1. The molecule has 1 fully saturated rings. The molecule has 0 spiro atoms. The molecule has 0 unspecified atom stereocenters. The van der Waals surface area contributed by atoms with Gasteiger partial charge in [0.1, 0.15) is 22.5 Å². The van der Waals surface area contributed by atoms with Crippen molar-refractivity contribution in [2.45, 2.75) is 51.4 Å². The van der Waals surface area contributed by atoms with E-state index < -0.39 is 11.6 Å². The van der Waals surface area contributed by atoms with E-state index in [1.165, 1.54) is 43.2 Å². The standard InChI is InChI=1S/C22H22F3NS/c1-2-3-13-4-6-14(7-5-13)15-10-17(24)21(18(25)11-15)22-26-19-9-8-16(23)12-20(19)27-22/h8-14H,2-7H2,1H3. The van der Waals surface area contributed by atoms with Gasteiger partial charge in [0.25, 0.3) is 0 Å². The van der Waals surface area contributed by atoms with Crippen LogP contribution in [0.15, 0.2) is 30.3 Å². The van der Waals surface area contributed by atoms with E-state index >= 15 is 0 Å². The Morgan fingerprint density at radius 1 is 1.00 bits per heavy atom. The Kier molecular flexibility index (Phi) is 5.22. The molecule has 3 aromatic rings. The van der Waals surface area contributed by atoms with Gasteiger partial charge >= 0.3 is 0 Å². The van der Waals surface area contributed by atoms with E-state index in [1.807, 2.05) is 0 Å². The van der Waals surface area contributed by atoms with Crippen molar-refractivity contribution in [3.63, 3.8) is 0 Å². The summed E-state index contributed by atoms with van der Waals surface area (Å²) < 4.78 is 43.6. The number of nitrogens with zero attached hydrogens (tertiary/aromatic N) is 1. The first-order valence-corrected chi connectivity index (χ1v) is 10.4. The molecule has 1 aliphatic rings. The number of hydrogen-bond acceptors (Lipinski definition) is 2. The number of benzene rings is 2. The molecule has 27 heavy (non-hydrogen) atoms. The fraction of sp³-hybridized carbons (Fsp3) is 0.409. The van der Waals surface area contributed by atoms with Gasteiger partial charge in [-0.05, 0) is 73.4 Å².